The van der Waals surface area contributed by atoms with Crippen LogP contribution in [0.5, 0.6) is 5.75 Å². The Morgan fingerprint density at radius 1 is 0.963 bits per heavy atom. The number of carbonyl (C=O) groups excluding carboxylic acids is 3. The van der Waals surface area contributed by atoms with E-state index in [9.17, 15) is 14.4 Å². The molecule has 2 rings (SSSR count). The molecule has 27 heavy (non-hydrogen) atoms. The minimum atomic E-state index is -0.488. The lowest BCUT2D eigenvalue weighted by Crippen LogP contribution is -2.10. The van der Waals surface area contributed by atoms with Crippen LogP contribution in [0.1, 0.15) is 44.7 Å². The lowest BCUT2D eigenvalue weighted by molar-refractivity contribution is -0.144. The molecule has 6 nitrogen and oxygen atoms in total. The predicted octanol–water partition coefficient (Wildman–Crippen LogP) is 3.50. The summed E-state index contributed by atoms with van der Waals surface area (Å²) in [7, 11) is 2.80. The summed E-state index contributed by atoms with van der Waals surface area (Å²) >= 11 is 0. The molecule has 0 aliphatic rings. The van der Waals surface area contributed by atoms with Gasteiger partial charge in [-0.25, -0.2) is 4.79 Å². The van der Waals surface area contributed by atoms with E-state index < -0.39 is 11.9 Å². The lowest BCUT2D eigenvalue weighted by Gasteiger charge is -2.09. The number of carbonyl (C=O) groups is 3. The lowest BCUT2D eigenvalue weighted by atomic mass is 10.0. The topological polar surface area (TPSA) is 78.9 Å². The molecule has 0 aromatic heterocycles. The predicted molar refractivity (Wildman–Crippen MR) is 98.9 cm³/mol. The second-order valence-corrected chi connectivity index (χ2v) is 5.98. The van der Waals surface area contributed by atoms with Crippen LogP contribution in [0.3, 0.4) is 0 Å². The molecule has 0 aliphatic heterocycles. The van der Waals surface area contributed by atoms with Crippen molar-refractivity contribution in [3.05, 3.63) is 64.7 Å². The van der Waals surface area contributed by atoms with Crippen LogP contribution in [-0.4, -0.2) is 31.9 Å². The molecule has 0 heterocycles. The zero-order chi connectivity index (χ0) is 19.8. The Kier molecular flexibility index (Phi) is 7.11. The van der Waals surface area contributed by atoms with E-state index in [4.69, 9.17) is 9.47 Å². The Hall–Kier alpha value is -3.15. The number of ketones is 1. The van der Waals surface area contributed by atoms with Gasteiger partial charge in [-0.15, -0.1) is 0 Å². The van der Waals surface area contributed by atoms with E-state index in [1.807, 2.05) is 13.0 Å². The van der Waals surface area contributed by atoms with Crippen LogP contribution < -0.4 is 4.74 Å². The van der Waals surface area contributed by atoms with Crippen molar-refractivity contribution in [2.45, 2.75) is 26.4 Å². The minimum absolute atomic E-state index is 0.0195. The molecule has 2 aromatic rings. The third kappa shape index (κ3) is 5.67. The van der Waals surface area contributed by atoms with Crippen molar-refractivity contribution in [2.75, 3.05) is 14.2 Å². The Morgan fingerprint density at radius 3 is 2.44 bits per heavy atom. The maximum absolute atomic E-state index is 12.4. The smallest absolute Gasteiger partial charge is 0.337 e. The van der Waals surface area contributed by atoms with Gasteiger partial charge in [-0.2, -0.15) is 0 Å². The maximum atomic E-state index is 12.4. The first-order valence-electron chi connectivity index (χ1n) is 8.45. The van der Waals surface area contributed by atoms with Crippen LogP contribution in [0, 0.1) is 6.92 Å². The number of hydrogen-bond donors (Lipinski definition) is 0. The maximum Gasteiger partial charge on any atom is 0.337 e. The van der Waals surface area contributed by atoms with Crippen molar-refractivity contribution in [1.82, 2.24) is 0 Å². The summed E-state index contributed by atoms with van der Waals surface area (Å²) in [5.41, 5.74) is 2.44. The number of benzene rings is 2. The van der Waals surface area contributed by atoms with Gasteiger partial charge in [0, 0.05) is 6.42 Å². The summed E-state index contributed by atoms with van der Waals surface area (Å²) in [6.45, 7) is 1.90. The molecule has 0 saturated carbocycles. The molecular weight excluding hydrogens is 348 g/mol. The number of esters is 2. The largest absolute Gasteiger partial charge is 0.496 e. The number of ether oxygens (including phenoxy) is 3. The number of aryl methyl sites for hydroxylation is 1. The fraction of sp³-hybridized carbons (Fsp3) is 0.286. The number of hydrogen-bond acceptors (Lipinski definition) is 6. The van der Waals surface area contributed by atoms with Gasteiger partial charge in [0.1, 0.15) is 12.4 Å². The van der Waals surface area contributed by atoms with Gasteiger partial charge in [0.15, 0.2) is 5.78 Å². The highest BCUT2D eigenvalue weighted by atomic mass is 16.5. The van der Waals surface area contributed by atoms with E-state index >= 15 is 0 Å². The fourth-order valence-electron chi connectivity index (χ4n) is 2.53. The molecule has 0 saturated heterocycles. The fourth-order valence-corrected chi connectivity index (χ4v) is 2.53. The van der Waals surface area contributed by atoms with E-state index in [2.05, 4.69) is 4.74 Å². The summed E-state index contributed by atoms with van der Waals surface area (Å²) in [6, 6.07) is 12.0. The van der Waals surface area contributed by atoms with Crippen molar-refractivity contribution in [3.63, 3.8) is 0 Å². The molecule has 0 amide bonds. The van der Waals surface area contributed by atoms with Gasteiger partial charge < -0.3 is 14.2 Å². The van der Waals surface area contributed by atoms with E-state index in [1.54, 1.807) is 36.4 Å². The quantitative estimate of drug-likeness (QED) is 0.523. The average Bonchev–Trinajstić information content (AvgIpc) is 2.69. The summed E-state index contributed by atoms with van der Waals surface area (Å²) in [4.78, 5) is 35.8. The van der Waals surface area contributed by atoms with Crippen molar-refractivity contribution < 1.29 is 28.6 Å². The minimum Gasteiger partial charge on any atom is -0.496 e. The van der Waals surface area contributed by atoms with Gasteiger partial charge in [0.25, 0.3) is 0 Å². The molecule has 142 valence electrons. The van der Waals surface area contributed by atoms with Crippen LogP contribution in [0.15, 0.2) is 42.5 Å². The highest BCUT2D eigenvalue weighted by Crippen LogP contribution is 2.22. The Morgan fingerprint density at radius 2 is 1.74 bits per heavy atom. The molecule has 0 radical (unpaired) electrons. The van der Waals surface area contributed by atoms with Gasteiger partial charge in [-0.1, -0.05) is 23.8 Å². The summed E-state index contributed by atoms with van der Waals surface area (Å²) in [5, 5.41) is 0. The molecule has 2 aromatic carbocycles. The van der Waals surface area contributed by atoms with E-state index in [-0.39, 0.29) is 25.2 Å². The standard InChI is InChI=1S/C21H22O6/c1-14-7-9-19(25-2)17(11-14)18(22)8-10-20(23)27-13-15-5-4-6-16(12-15)21(24)26-3/h4-7,9,11-12H,8,10,13H2,1-3H3. The van der Waals surface area contributed by atoms with Crippen molar-refractivity contribution in [3.8, 4) is 5.75 Å². The van der Waals surface area contributed by atoms with Crippen LogP contribution in [0.25, 0.3) is 0 Å². The number of methoxy groups -OCH3 is 2. The number of rotatable bonds is 8. The average molecular weight is 370 g/mol. The number of Topliss-reactive ketones (excluding diaryl/α,β-unsaturated/α-hetero) is 1. The first kappa shape index (κ1) is 20.2. The molecule has 6 heteroatoms. The van der Waals surface area contributed by atoms with Crippen molar-refractivity contribution in [1.29, 1.82) is 0 Å². The Balaban J connectivity index is 1.89. The normalized spacial score (nSPS) is 10.2. The van der Waals surface area contributed by atoms with Gasteiger partial charge in [0.2, 0.25) is 0 Å². The van der Waals surface area contributed by atoms with Gasteiger partial charge >= 0.3 is 11.9 Å². The third-order valence-corrected chi connectivity index (χ3v) is 3.96. The second-order valence-electron chi connectivity index (χ2n) is 5.98. The van der Waals surface area contributed by atoms with Crippen LogP contribution >= 0.6 is 0 Å². The Bertz CT molecular complexity index is 840. The van der Waals surface area contributed by atoms with E-state index in [1.165, 1.54) is 14.2 Å². The first-order valence-corrected chi connectivity index (χ1v) is 8.45. The molecule has 0 spiro atoms. The highest BCUT2D eigenvalue weighted by molar-refractivity contribution is 6.00. The first-order chi connectivity index (χ1) is 12.9. The van der Waals surface area contributed by atoms with Gasteiger partial charge in [0.05, 0.1) is 31.8 Å². The zero-order valence-electron chi connectivity index (χ0n) is 15.6. The van der Waals surface area contributed by atoms with Crippen LogP contribution in [0.4, 0.5) is 0 Å². The molecule has 0 bridgehead atoms. The SMILES string of the molecule is COC(=O)c1cccc(COC(=O)CCC(=O)c2cc(C)ccc2OC)c1. The van der Waals surface area contributed by atoms with Crippen molar-refractivity contribution in [2.24, 2.45) is 0 Å². The molecule has 0 aliphatic carbocycles. The summed E-state index contributed by atoms with van der Waals surface area (Å²) < 4.78 is 15.0. The summed E-state index contributed by atoms with van der Waals surface area (Å²) in [5.74, 6) is -0.641. The van der Waals surface area contributed by atoms with E-state index in [0.29, 0.717) is 22.4 Å². The molecular formula is C21H22O6. The molecule has 0 unspecified atom stereocenters. The molecule has 0 fully saturated rings. The van der Waals surface area contributed by atoms with Gasteiger partial charge in [-0.05, 0) is 36.8 Å². The monoisotopic (exact) mass is 370 g/mol. The summed E-state index contributed by atoms with van der Waals surface area (Å²) in [6.07, 6.45) is -0.00648. The zero-order valence-corrected chi connectivity index (χ0v) is 15.6. The van der Waals surface area contributed by atoms with Crippen LogP contribution in [0.2, 0.25) is 0 Å². The van der Waals surface area contributed by atoms with Crippen LogP contribution in [-0.2, 0) is 20.9 Å². The highest BCUT2D eigenvalue weighted by Gasteiger charge is 2.15. The van der Waals surface area contributed by atoms with E-state index in [0.717, 1.165) is 5.56 Å². The van der Waals surface area contributed by atoms with Crippen molar-refractivity contribution >= 4 is 17.7 Å². The third-order valence-electron chi connectivity index (χ3n) is 3.96. The molecule has 0 N–H and O–H groups in total. The molecule has 0 atom stereocenters. The van der Waals surface area contributed by atoms with Gasteiger partial charge in [-0.3, -0.25) is 9.59 Å². The second kappa shape index (κ2) is 9.52. The Labute approximate surface area is 158 Å².